The van der Waals surface area contributed by atoms with Crippen LogP contribution in [0.1, 0.15) is 28.3 Å². The summed E-state index contributed by atoms with van der Waals surface area (Å²) < 4.78 is 2.33. The molecule has 0 radical (unpaired) electrons. The molecule has 0 bridgehead atoms. The minimum absolute atomic E-state index is 0.335. The van der Waals surface area contributed by atoms with Crippen LogP contribution in [0.4, 0.5) is 0 Å². The SMILES string of the molecule is CNC(Cc1ccc(Br)cc1)c1cc(C)c(Br)c(C)c1. The third kappa shape index (κ3) is 3.72. The van der Waals surface area contributed by atoms with Gasteiger partial charge in [0.1, 0.15) is 0 Å². The van der Waals surface area contributed by atoms with Crippen molar-refractivity contribution in [2.24, 2.45) is 0 Å². The van der Waals surface area contributed by atoms with E-state index in [-0.39, 0.29) is 0 Å². The molecule has 0 aliphatic carbocycles. The van der Waals surface area contributed by atoms with Crippen LogP contribution >= 0.6 is 31.9 Å². The van der Waals surface area contributed by atoms with Gasteiger partial charge < -0.3 is 5.32 Å². The molecule has 0 saturated heterocycles. The highest BCUT2D eigenvalue weighted by Crippen LogP contribution is 2.27. The maximum Gasteiger partial charge on any atom is 0.0358 e. The number of nitrogens with one attached hydrogen (secondary N) is 1. The fourth-order valence-electron chi connectivity index (χ4n) is 2.42. The number of hydrogen-bond donors (Lipinski definition) is 1. The van der Waals surface area contributed by atoms with Crippen molar-refractivity contribution in [1.29, 1.82) is 0 Å². The summed E-state index contributed by atoms with van der Waals surface area (Å²) in [6.07, 6.45) is 0.990. The summed E-state index contributed by atoms with van der Waals surface area (Å²) >= 11 is 7.11. The molecule has 1 atom stereocenters. The van der Waals surface area contributed by atoms with Gasteiger partial charge in [0.05, 0.1) is 0 Å². The summed E-state index contributed by atoms with van der Waals surface area (Å²) in [7, 11) is 2.02. The maximum atomic E-state index is 3.63. The molecule has 0 spiro atoms. The molecule has 0 fully saturated rings. The second-order valence-electron chi connectivity index (χ2n) is 5.14. The predicted molar refractivity (Wildman–Crippen MR) is 93.3 cm³/mol. The van der Waals surface area contributed by atoms with E-state index in [1.165, 1.54) is 26.7 Å². The van der Waals surface area contributed by atoms with Crippen molar-refractivity contribution >= 4 is 31.9 Å². The van der Waals surface area contributed by atoms with Crippen molar-refractivity contribution in [1.82, 2.24) is 5.32 Å². The molecule has 0 aliphatic rings. The van der Waals surface area contributed by atoms with Crippen LogP contribution in [0.2, 0.25) is 0 Å². The van der Waals surface area contributed by atoms with Gasteiger partial charge >= 0.3 is 0 Å². The van der Waals surface area contributed by atoms with Crippen molar-refractivity contribution in [3.63, 3.8) is 0 Å². The molecule has 0 aromatic heterocycles. The average molecular weight is 397 g/mol. The van der Waals surface area contributed by atoms with E-state index in [0.717, 1.165) is 10.9 Å². The normalized spacial score (nSPS) is 12.4. The Kier molecular flexibility index (Phi) is 5.42. The Labute approximate surface area is 138 Å². The molecule has 2 rings (SSSR count). The third-order valence-corrected chi connectivity index (χ3v) is 5.34. The molecular formula is C17H19Br2N. The molecule has 2 aromatic carbocycles. The van der Waals surface area contributed by atoms with Crippen LogP contribution in [0.25, 0.3) is 0 Å². The molecule has 1 unspecified atom stereocenters. The number of likely N-dealkylation sites (N-methyl/N-ethyl adjacent to an activating group) is 1. The molecular weight excluding hydrogens is 378 g/mol. The lowest BCUT2D eigenvalue weighted by Gasteiger charge is -2.19. The lowest BCUT2D eigenvalue weighted by Crippen LogP contribution is -2.19. The van der Waals surface area contributed by atoms with Crippen LogP contribution in [0.3, 0.4) is 0 Å². The Hall–Kier alpha value is -0.640. The quantitative estimate of drug-likeness (QED) is 0.736. The second-order valence-corrected chi connectivity index (χ2v) is 6.85. The summed E-state index contributed by atoms with van der Waals surface area (Å²) in [6.45, 7) is 4.29. The predicted octanol–water partition coefficient (Wildman–Crippen LogP) is 5.33. The Bertz CT molecular complexity index is 567. The van der Waals surface area contributed by atoms with E-state index in [2.05, 4.69) is 87.4 Å². The smallest absolute Gasteiger partial charge is 0.0358 e. The third-order valence-electron chi connectivity index (χ3n) is 3.56. The Morgan fingerprint density at radius 1 is 1.00 bits per heavy atom. The highest BCUT2D eigenvalue weighted by atomic mass is 79.9. The molecule has 0 heterocycles. The zero-order valence-corrected chi connectivity index (χ0v) is 15.2. The Balaban J connectivity index is 2.26. The lowest BCUT2D eigenvalue weighted by molar-refractivity contribution is 0.591. The summed E-state index contributed by atoms with van der Waals surface area (Å²) in [6, 6.07) is 13.4. The van der Waals surface area contributed by atoms with E-state index in [0.29, 0.717) is 6.04 Å². The highest BCUT2D eigenvalue weighted by Gasteiger charge is 2.12. The van der Waals surface area contributed by atoms with Gasteiger partial charge in [-0.1, -0.05) is 56.1 Å². The van der Waals surface area contributed by atoms with Gasteiger partial charge in [0.25, 0.3) is 0 Å². The van der Waals surface area contributed by atoms with Gasteiger partial charge in [-0.05, 0) is 61.7 Å². The first kappa shape index (κ1) is 15.7. The Morgan fingerprint density at radius 3 is 2.05 bits per heavy atom. The van der Waals surface area contributed by atoms with Gasteiger partial charge in [0.15, 0.2) is 0 Å². The fraction of sp³-hybridized carbons (Fsp3) is 0.294. The zero-order valence-electron chi connectivity index (χ0n) is 12.0. The van der Waals surface area contributed by atoms with Crippen molar-refractivity contribution in [3.8, 4) is 0 Å². The molecule has 0 aliphatic heterocycles. The van der Waals surface area contributed by atoms with E-state index in [1.807, 2.05) is 7.05 Å². The molecule has 0 amide bonds. The molecule has 106 valence electrons. The Morgan fingerprint density at radius 2 is 1.55 bits per heavy atom. The van der Waals surface area contributed by atoms with Crippen molar-refractivity contribution in [2.45, 2.75) is 26.3 Å². The average Bonchev–Trinajstić information content (AvgIpc) is 2.43. The van der Waals surface area contributed by atoms with Gasteiger partial charge in [-0.2, -0.15) is 0 Å². The molecule has 1 nitrogen and oxygen atoms in total. The van der Waals surface area contributed by atoms with E-state index >= 15 is 0 Å². The van der Waals surface area contributed by atoms with E-state index in [4.69, 9.17) is 0 Å². The van der Waals surface area contributed by atoms with E-state index < -0.39 is 0 Å². The van der Waals surface area contributed by atoms with Crippen molar-refractivity contribution < 1.29 is 0 Å². The van der Waals surface area contributed by atoms with Crippen LogP contribution in [0.5, 0.6) is 0 Å². The first-order valence-corrected chi connectivity index (χ1v) is 8.28. The largest absolute Gasteiger partial charge is 0.313 e. The molecule has 20 heavy (non-hydrogen) atoms. The maximum absolute atomic E-state index is 3.63. The lowest BCUT2D eigenvalue weighted by atomic mass is 9.96. The summed E-state index contributed by atoms with van der Waals surface area (Å²) in [4.78, 5) is 0. The van der Waals surface area contributed by atoms with Crippen LogP contribution in [-0.4, -0.2) is 7.05 Å². The summed E-state index contributed by atoms with van der Waals surface area (Å²) in [5.41, 5.74) is 5.26. The first-order chi connectivity index (χ1) is 9.51. The summed E-state index contributed by atoms with van der Waals surface area (Å²) in [5.74, 6) is 0. The van der Waals surface area contributed by atoms with Gasteiger partial charge in [-0.3, -0.25) is 0 Å². The number of rotatable bonds is 4. The van der Waals surface area contributed by atoms with Crippen LogP contribution < -0.4 is 5.32 Å². The van der Waals surface area contributed by atoms with Gasteiger partial charge in [-0.15, -0.1) is 0 Å². The van der Waals surface area contributed by atoms with Crippen LogP contribution in [0, 0.1) is 13.8 Å². The second kappa shape index (κ2) is 6.88. The van der Waals surface area contributed by atoms with Crippen LogP contribution in [0.15, 0.2) is 45.3 Å². The number of halogens is 2. The standard InChI is InChI=1S/C17H19Br2N/c1-11-8-14(9-12(2)17(11)19)16(20-3)10-13-4-6-15(18)7-5-13/h4-9,16,20H,10H2,1-3H3. The van der Waals surface area contributed by atoms with Gasteiger partial charge in [-0.25, -0.2) is 0 Å². The topological polar surface area (TPSA) is 12.0 Å². The zero-order chi connectivity index (χ0) is 14.7. The number of benzene rings is 2. The minimum atomic E-state index is 0.335. The molecule has 2 aromatic rings. The molecule has 3 heteroatoms. The van der Waals surface area contributed by atoms with Gasteiger partial charge in [0, 0.05) is 15.0 Å². The fourth-order valence-corrected chi connectivity index (χ4v) is 2.92. The summed E-state index contributed by atoms with van der Waals surface area (Å²) in [5, 5.41) is 3.43. The van der Waals surface area contributed by atoms with Crippen molar-refractivity contribution in [3.05, 3.63) is 67.6 Å². The monoisotopic (exact) mass is 395 g/mol. The molecule has 1 N–H and O–H groups in total. The molecule has 0 saturated carbocycles. The van der Waals surface area contributed by atoms with E-state index in [9.17, 15) is 0 Å². The highest BCUT2D eigenvalue weighted by molar-refractivity contribution is 9.10. The van der Waals surface area contributed by atoms with Crippen molar-refractivity contribution in [2.75, 3.05) is 7.05 Å². The van der Waals surface area contributed by atoms with Gasteiger partial charge in [0.2, 0.25) is 0 Å². The number of aryl methyl sites for hydroxylation is 2. The van der Waals surface area contributed by atoms with E-state index in [1.54, 1.807) is 0 Å². The van der Waals surface area contributed by atoms with Crippen LogP contribution in [-0.2, 0) is 6.42 Å². The first-order valence-electron chi connectivity index (χ1n) is 6.69. The minimum Gasteiger partial charge on any atom is -0.313 e. The number of hydrogen-bond acceptors (Lipinski definition) is 1.